The number of nitrogens with zero attached hydrogens (tertiary/aromatic N) is 2. The van der Waals surface area contributed by atoms with Crippen LogP contribution in [0, 0.1) is 0 Å². The lowest BCUT2D eigenvalue weighted by atomic mass is 9.79. The number of rotatable bonds is 4. The number of benzene rings is 2. The van der Waals surface area contributed by atoms with Crippen molar-refractivity contribution in [2.45, 2.75) is 45.1 Å². The molecular weight excluding hydrogens is 374 g/mol. The van der Waals surface area contributed by atoms with Gasteiger partial charge in [-0.2, -0.15) is 0 Å². The number of amides is 2. The van der Waals surface area contributed by atoms with Crippen LogP contribution in [0.1, 0.15) is 49.9 Å². The number of fused-ring (bicyclic) bond motifs is 6. The molecule has 0 fully saturated rings. The lowest BCUT2D eigenvalue weighted by Gasteiger charge is -2.43. The monoisotopic (exact) mass is 401 g/mol. The molecule has 2 aromatic carbocycles. The van der Waals surface area contributed by atoms with E-state index in [-0.39, 0.29) is 11.8 Å². The van der Waals surface area contributed by atoms with Crippen LogP contribution in [0.15, 0.2) is 48.5 Å². The lowest BCUT2D eigenvalue weighted by molar-refractivity contribution is -0.144. The smallest absolute Gasteiger partial charge is 0.263 e. The Morgan fingerprint density at radius 3 is 2.67 bits per heavy atom. The number of carbonyl (C=O) groups excluding carboxylic acids is 2. The highest BCUT2D eigenvalue weighted by atomic mass is 16.2. The van der Waals surface area contributed by atoms with Crippen LogP contribution in [0.2, 0.25) is 0 Å². The highest BCUT2D eigenvalue weighted by molar-refractivity contribution is 6.12. The summed E-state index contributed by atoms with van der Waals surface area (Å²) >= 11 is 0. The highest BCUT2D eigenvalue weighted by Gasteiger charge is 2.60. The SMILES string of the molecule is CCCCN1C(=O)C2(c3ccccc31)c1[nH]c3ccccc3c1CCN2C(=O)CC. The summed E-state index contributed by atoms with van der Waals surface area (Å²) in [6.45, 7) is 5.21. The van der Waals surface area contributed by atoms with Gasteiger partial charge in [0, 0.05) is 36.0 Å². The standard InChI is InChI=1S/C25H27N3O2/c1-3-5-15-27-21-13-9-7-11-19(21)25(24(27)30)23-18(14-16-28(25)22(29)4-2)17-10-6-8-12-20(17)26-23/h6-13,26H,3-5,14-16H2,1-2H3. The molecular formula is C25H27N3O2. The molecule has 0 bridgehead atoms. The molecule has 5 nitrogen and oxygen atoms in total. The molecule has 1 N–H and O–H groups in total. The molecule has 0 radical (unpaired) electrons. The fourth-order valence-corrected chi connectivity index (χ4v) is 5.27. The maximum atomic E-state index is 14.2. The predicted molar refractivity (Wildman–Crippen MR) is 118 cm³/mol. The summed E-state index contributed by atoms with van der Waals surface area (Å²) in [7, 11) is 0. The molecule has 2 aliphatic heterocycles. The Hall–Kier alpha value is -3.08. The fourth-order valence-electron chi connectivity index (χ4n) is 5.27. The molecule has 0 aliphatic carbocycles. The van der Waals surface area contributed by atoms with E-state index in [9.17, 15) is 9.59 Å². The number of anilines is 1. The molecule has 3 heterocycles. The van der Waals surface area contributed by atoms with Gasteiger partial charge < -0.3 is 14.8 Å². The van der Waals surface area contributed by atoms with Crippen molar-refractivity contribution < 1.29 is 9.59 Å². The van der Waals surface area contributed by atoms with Gasteiger partial charge in [0.2, 0.25) is 5.91 Å². The first-order valence-electron chi connectivity index (χ1n) is 11.0. The number of para-hydroxylation sites is 2. The first kappa shape index (κ1) is 18.9. The summed E-state index contributed by atoms with van der Waals surface area (Å²) in [5.41, 5.74) is 3.78. The van der Waals surface area contributed by atoms with Gasteiger partial charge in [0.1, 0.15) is 0 Å². The topological polar surface area (TPSA) is 56.4 Å². The molecule has 2 amide bonds. The molecule has 1 unspecified atom stereocenters. The Balaban J connectivity index is 1.83. The van der Waals surface area contributed by atoms with Crippen molar-refractivity contribution in [3.8, 4) is 0 Å². The van der Waals surface area contributed by atoms with Crippen molar-refractivity contribution in [1.82, 2.24) is 9.88 Å². The number of aromatic amines is 1. The molecule has 1 aromatic heterocycles. The van der Waals surface area contributed by atoms with Gasteiger partial charge in [-0.3, -0.25) is 9.59 Å². The normalized spacial score (nSPS) is 20.1. The molecule has 0 saturated heterocycles. The van der Waals surface area contributed by atoms with E-state index >= 15 is 0 Å². The first-order valence-corrected chi connectivity index (χ1v) is 11.0. The van der Waals surface area contributed by atoms with Crippen LogP contribution < -0.4 is 4.90 Å². The Morgan fingerprint density at radius 2 is 1.87 bits per heavy atom. The average Bonchev–Trinajstić information content (AvgIpc) is 3.27. The van der Waals surface area contributed by atoms with Crippen LogP contribution in [0.4, 0.5) is 5.69 Å². The summed E-state index contributed by atoms with van der Waals surface area (Å²) in [6.07, 6.45) is 3.06. The van der Waals surface area contributed by atoms with Crippen LogP contribution in [-0.4, -0.2) is 34.8 Å². The second-order valence-corrected chi connectivity index (χ2v) is 8.21. The van der Waals surface area contributed by atoms with E-state index in [1.165, 1.54) is 0 Å². The number of hydrogen-bond donors (Lipinski definition) is 1. The van der Waals surface area contributed by atoms with Crippen molar-refractivity contribution in [3.63, 3.8) is 0 Å². The third kappa shape index (κ3) is 2.35. The molecule has 1 atom stereocenters. The Morgan fingerprint density at radius 1 is 1.10 bits per heavy atom. The van der Waals surface area contributed by atoms with Crippen LogP contribution in [-0.2, 0) is 21.5 Å². The van der Waals surface area contributed by atoms with E-state index < -0.39 is 5.54 Å². The van der Waals surface area contributed by atoms with E-state index in [0.29, 0.717) is 19.5 Å². The van der Waals surface area contributed by atoms with E-state index in [4.69, 9.17) is 0 Å². The van der Waals surface area contributed by atoms with Gasteiger partial charge in [-0.15, -0.1) is 0 Å². The first-order chi connectivity index (χ1) is 14.6. The second kappa shape index (κ2) is 7.01. The summed E-state index contributed by atoms with van der Waals surface area (Å²) < 4.78 is 0. The minimum absolute atomic E-state index is 0.00791. The quantitative estimate of drug-likeness (QED) is 0.706. The molecule has 2 aliphatic rings. The van der Waals surface area contributed by atoms with E-state index in [1.54, 1.807) is 0 Å². The Labute approximate surface area is 176 Å². The van der Waals surface area contributed by atoms with Crippen LogP contribution in [0.3, 0.4) is 0 Å². The molecule has 5 rings (SSSR count). The second-order valence-electron chi connectivity index (χ2n) is 8.21. The average molecular weight is 402 g/mol. The number of unbranched alkanes of at least 4 members (excludes halogenated alkanes) is 1. The van der Waals surface area contributed by atoms with Gasteiger partial charge in [-0.05, 0) is 30.5 Å². The minimum atomic E-state index is -1.11. The maximum absolute atomic E-state index is 14.2. The van der Waals surface area contributed by atoms with Gasteiger partial charge in [0.15, 0.2) is 5.54 Å². The number of carbonyl (C=O) groups is 2. The van der Waals surface area contributed by atoms with Crippen LogP contribution in [0.5, 0.6) is 0 Å². The Bertz CT molecular complexity index is 1150. The van der Waals surface area contributed by atoms with E-state index in [0.717, 1.165) is 52.7 Å². The zero-order chi connectivity index (χ0) is 20.9. The van der Waals surface area contributed by atoms with Crippen molar-refractivity contribution in [2.24, 2.45) is 0 Å². The van der Waals surface area contributed by atoms with Crippen molar-refractivity contribution in [2.75, 3.05) is 18.0 Å². The van der Waals surface area contributed by atoms with E-state index in [1.807, 2.05) is 59.2 Å². The summed E-state index contributed by atoms with van der Waals surface area (Å²) in [5, 5.41) is 1.15. The fraction of sp³-hybridized carbons (Fsp3) is 0.360. The van der Waals surface area contributed by atoms with Gasteiger partial charge >= 0.3 is 0 Å². The molecule has 30 heavy (non-hydrogen) atoms. The van der Waals surface area contributed by atoms with Gasteiger partial charge in [0.05, 0.1) is 11.4 Å². The number of nitrogens with one attached hydrogen (secondary N) is 1. The molecule has 5 heteroatoms. The zero-order valence-corrected chi connectivity index (χ0v) is 17.6. The molecule has 154 valence electrons. The Kier molecular flexibility index (Phi) is 4.42. The highest BCUT2D eigenvalue weighted by Crippen LogP contribution is 2.52. The third-order valence-electron chi connectivity index (χ3n) is 6.64. The third-order valence-corrected chi connectivity index (χ3v) is 6.64. The molecule has 3 aromatic rings. The summed E-state index contributed by atoms with van der Waals surface area (Å²) in [5.74, 6) is 0.00579. The number of aromatic nitrogens is 1. The minimum Gasteiger partial charge on any atom is -0.355 e. The van der Waals surface area contributed by atoms with Crippen LogP contribution >= 0.6 is 0 Å². The van der Waals surface area contributed by atoms with Gasteiger partial charge in [0.25, 0.3) is 5.91 Å². The number of H-pyrrole nitrogens is 1. The van der Waals surface area contributed by atoms with Crippen LogP contribution in [0.25, 0.3) is 10.9 Å². The number of hydrogen-bond acceptors (Lipinski definition) is 2. The zero-order valence-electron chi connectivity index (χ0n) is 17.6. The van der Waals surface area contributed by atoms with Crippen molar-refractivity contribution >= 4 is 28.4 Å². The van der Waals surface area contributed by atoms with E-state index in [2.05, 4.69) is 18.0 Å². The van der Waals surface area contributed by atoms with Gasteiger partial charge in [-0.1, -0.05) is 56.7 Å². The molecule has 1 spiro atoms. The molecule has 0 saturated carbocycles. The lowest BCUT2D eigenvalue weighted by Crippen LogP contribution is -2.59. The maximum Gasteiger partial charge on any atom is 0.263 e. The largest absolute Gasteiger partial charge is 0.355 e. The summed E-state index contributed by atoms with van der Waals surface area (Å²) in [6, 6.07) is 16.2. The van der Waals surface area contributed by atoms with Crippen molar-refractivity contribution in [3.05, 3.63) is 65.4 Å². The summed E-state index contributed by atoms with van der Waals surface area (Å²) in [4.78, 5) is 34.7. The predicted octanol–water partition coefficient (Wildman–Crippen LogP) is 4.35. The van der Waals surface area contributed by atoms with Crippen molar-refractivity contribution in [1.29, 1.82) is 0 Å². The van der Waals surface area contributed by atoms with Gasteiger partial charge in [-0.25, -0.2) is 0 Å².